The molecule has 114 valence electrons. The van der Waals surface area contributed by atoms with Crippen molar-refractivity contribution in [2.45, 2.75) is 18.9 Å². The lowest BCUT2D eigenvalue weighted by Gasteiger charge is -2.06. The van der Waals surface area contributed by atoms with E-state index in [0.29, 0.717) is 0 Å². The van der Waals surface area contributed by atoms with E-state index in [0.717, 1.165) is 4.88 Å². The van der Waals surface area contributed by atoms with Crippen molar-refractivity contribution in [2.24, 2.45) is 7.05 Å². The molecule has 0 aliphatic carbocycles. The van der Waals surface area contributed by atoms with E-state index in [2.05, 4.69) is 9.71 Å². The average molecular weight is 329 g/mol. The molecule has 0 bridgehead atoms. The molecule has 0 atom stereocenters. The van der Waals surface area contributed by atoms with E-state index in [-0.39, 0.29) is 22.2 Å². The Hall–Kier alpha value is -1.87. The van der Waals surface area contributed by atoms with Gasteiger partial charge < -0.3 is 9.30 Å². The van der Waals surface area contributed by atoms with Crippen LogP contribution in [0.3, 0.4) is 0 Å². The quantitative estimate of drug-likeness (QED) is 0.844. The molecule has 2 aromatic rings. The molecule has 2 aromatic heterocycles. The zero-order valence-corrected chi connectivity index (χ0v) is 13.4. The Morgan fingerprint density at radius 2 is 2.24 bits per heavy atom. The Kier molecular flexibility index (Phi) is 4.33. The van der Waals surface area contributed by atoms with Gasteiger partial charge in [0.15, 0.2) is 5.03 Å². The minimum Gasteiger partial charge on any atom is -0.462 e. The minimum atomic E-state index is -3.83. The maximum Gasteiger partial charge on any atom is 0.341 e. The summed E-state index contributed by atoms with van der Waals surface area (Å²) in [4.78, 5) is 16.4. The smallest absolute Gasteiger partial charge is 0.341 e. The molecule has 0 fully saturated rings. The molecular formula is C12H15N3O4S2. The largest absolute Gasteiger partial charge is 0.462 e. The number of carbonyl (C=O) groups is 1. The van der Waals surface area contributed by atoms with Gasteiger partial charge in [-0.05, 0) is 19.9 Å². The molecule has 7 nitrogen and oxygen atoms in total. The molecule has 0 saturated heterocycles. The van der Waals surface area contributed by atoms with Crippen LogP contribution in [0, 0.1) is 6.92 Å². The van der Waals surface area contributed by atoms with Crippen molar-refractivity contribution in [2.75, 3.05) is 11.3 Å². The fraction of sp³-hybridized carbons (Fsp3) is 0.333. The standard InChI is InChI=1S/C12H15N3O4S2/c1-4-19-12(16)9-5-8(2)20-11(9)14-21(17,18)10-6-15(3)7-13-10/h5-7,14H,4H2,1-3H3. The molecule has 21 heavy (non-hydrogen) atoms. The van der Waals surface area contributed by atoms with Crippen LogP contribution in [0.25, 0.3) is 0 Å². The van der Waals surface area contributed by atoms with E-state index in [1.807, 2.05) is 0 Å². The zero-order valence-electron chi connectivity index (χ0n) is 11.8. The lowest BCUT2D eigenvalue weighted by molar-refractivity contribution is 0.0528. The number of imidazole rings is 1. The van der Waals surface area contributed by atoms with Gasteiger partial charge in [0, 0.05) is 18.1 Å². The summed E-state index contributed by atoms with van der Waals surface area (Å²) in [5.74, 6) is -0.555. The first-order valence-corrected chi connectivity index (χ1v) is 8.41. The van der Waals surface area contributed by atoms with E-state index >= 15 is 0 Å². The maximum atomic E-state index is 12.2. The Labute approximate surface area is 126 Å². The number of hydrogen-bond acceptors (Lipinski definition) is 6. The maximum absolute atomic E-state index is 12.2. The van der Waals surface area contributed by atoms with Crippen molar-refractivity contribution >= 4 is 32.3 Å². The Bertz CT molecular complexity index is 761. The van der Waals surface area contributed by atoms with Crippen LogP contribution in [0.4, 0.5) is 5.00 Å². The van der Waals surface area contributed by atoms with Gasteiger partial charge in [-0.3, -0.25) is 4.72 Å². The molecule has 0 unspecified atom stereocenters. The first-order valence-electron chi connectivity index (χ1n) is 6.12. The van der Waals surface area contributed by atoms with Crippen LogP contribution in [0.1, 0.15) is 22.2 Å². The number of nitrogens with zero attached hydrogens (tertiary/aromatic N) is 2. The highest BCUT2D eigenvalue weighted by Gasteiger charge is 2.23. The monoisotopic (exact) mass is 329 g/mol. The molecule has 0 aromatic carbocycles. The van der Waals surface area contributed by atoms with Crippen LogP contribution in [0.2, 0.25) is 0 Å². The van der Waals surface area contributed by atoms with Crippen LogP contribution in [-0.4, -0.2) is 30.5 Å². The second-order valence-electron chi connectivity index (χ2n) is 4.30. The summed E-state index contributed by atoms with van der Waals surface area (Å²) in [5, 5.41) is 0.127. The van der Waals surface area contributed by atoms with Gasteiger partial charge in [-0.2, -0.15) is 8.42 Å². The molecule has 0 radical (unpaired) electrons. The average Bonchev–Trinajstić information content (AvgIpc) is 2.96. The number of anilines is 1. The number of aromatic nitrogens is 2. The molecule has 2 rings (SSSR count). The molecule has 0 saturated carbocycles. The number of sulfonamides is 1. The van der Waals surface area contributed by atoms with Crippen LogP contribution >= 0.6 is 11.3 Å². The third-order valence-corrected chi connectivity index (χ3v) is 4.86. The van der Waals surface area contributed by atoms with Crippen molar-refractivity contribution in [3.05, 3.63) is 29.0 Å². The number of carbonyl (C=O) groups excluding carboxylic acids is 1. The fourth-order valence-corrected chi connectivity index (χ4v) is 3.85. The zero-order chi connectivity index (χ0) is 15.6. The van der Waals surface area contributed by atoms with Crippen molar-refractivity contribution in [1.29, 1.82) is 0 Å². The number of ether oxygens (including phenoxy) is 1. The highest BCUT2D eigenvalue weighted by Crippen LogP contribution is 2.30. The fourth-order valence-electron chi connectivity index (χ4n) is 1.65. The molecule has 0 spiro atoms. The number of hydrogen-bond donors (Lipinski definition) is 1. The van der Waals surface area contributed by atoms with Gasteiger partial charge in [0.1, 0.15) is 5.00 Å². The first kappa shape index (κ1) is 15.5. The van der Waals surface area contributed by atoms with Crippen molar-refractivity contribution in [1.82, 2.24) is 9.55 Å². The van der Waals surface area contributed by atoms with Crippen molar-refractivity contribution in [3.8, 4) is 0 Å². The Morgan fingerprint density at radius 3 is 2.81 bits per heavy atom. The van der Waals surface area contributed by atoms with Crippen LogP contribution in [0.15, 0.2) is 23.6 Å². The summed E-state index contributed by atoms with van der Waals surface area (Å²) in [5.41, 5.74) is 0.207. The normalized spacial score (nSPS) is 11.4. The van der Waals surface area contributed by atoms with Crippen molar-refractivity contribution in [3.63, 3.8) is 0 Å². The first-order chi connectivity index (χ1) is 9.83. The summed E-state index contributed by atoms with van der Waals surface area (Å²) in [6, 6.07) is 1.60. The molecule has 9 heteroatoms. The second-order valence-corrected chi connectivity index (χ2v) is 7.19. The van der Waals surface area contributed by atoms with Gasteiger partial charge in [-0.15, -0.1) is 11.3 Å². The van der Waals surface area contributed by atoms with Gasteiger partial charge in [0.25, 0.3) is 10.0 Å². The molecule has 0 aliphatic rings. The molecule has 2 heterocycles. The topological polar surface area (TPSA) is 90.3 Å². The second kappa shape index (κ2) is 5.86. The van der Waals surface area contributed by atoms with Gasteiger partial charge >= 0.3 is 5.97 Å². The van der Waals surface area contributed by atoms with E-state index < -0.39 is 16.0 Å². The minimum absolute atomic E-state index is 0.106. The third kappa shape index (κ3) is 3.42. The number of nitrogens with one attached hydrogen (secondary N) is 1. The van der Waals surface area contributed by atoms with E-state index in [4.69, 9.17) is 4.74 Å². The van der Waals surface area contributed by atoms with E-state index in [9.17, 15) is 13.2 Å². The van der Waals surface area contributed by atoms with Crippen LogP contribution < -0.4 is 4.72 Å². The predicted molar refractivity (Wildman–Crippen MR) is 79.0 cm³/mol. The third-order valence-electron chi connectivity index (χ3n) is 2.53. The Balaban J connectivity index is 2.33. The van der Waals surface area contributed by atoms with E-state index in [1.165, 1.54) is 28.4 Å². The van der Waals surface area contributed by atoms with Crippen LogP contribution in [-0.2, 0) is 21.8 Å². The van der Waals surface area contributed by atoms with Gasteiger partial charge in [-0.25, -0.2) is 9.78 Å². The van der Waals surface area contributed by atoms with Crippen LogP contribution in [0.5, 0.6) is 0 Å². The Morgan fingerprint density at radius 1 is 1.52 bits per heavy atom. The number of aryl methyl sites for hydroxylation is 2. The van der Waals surface area contributed by atoms with Gasteiger partial charge in [0.2, 0.25) is 0 Å². The summed E-state index contributed by atoms with van der Waals surface area (Å²) in [7, 11) is -2.16. The summed E-state index contributed by atoms with van der Waals surface area (Å²) < 4.78 is 33.3. The lowest BCUT2D eigenvalue weighted by atomic mass is 10.3. The molecule has 0 amide bonds. The predicted octanol–water partition coefficient (Wildman–Crippen LogP) is 1.77. The SMILES string of the molecule is CCOC(=O)c1cc(C)sc1NS(=O)(=O)c1cn(C)cn1. The van der Waals surface area contributed by atoms with Gasteiger partial charge in [0.05, 0.1) is 18.5 Å². The number of esters is 1. The summed E-state index contributed by atoms with van der Waals surface area (Å²) in [6.07, 6.45) is 2.77. The highest BCUT2D eigenvalue weighted by molar-refractivity contribution is 7.92. The lowest BCUT2D eigenvalue weighted by Crippen LogP contribution is -2.15. The van der Waals surface area contributed by atoms with E-state index in [1.54, 1.807) is 27.0 Å². The number of rotatable bonds is 5. The molecule has 1 N–H and O–H groups in total. The van der Waals surface area contributed by atoms with Gasteiger partial charge in [-0.1, -0.05) is 0 Å². The summed E-state index contributed by atoms with van der Waals surface area (Å²) in [6.45, 7) is 3.70. The number of thiophene rings is 1. The molecule has 0 aliphatic heterocycles. The summed E-state index contributed by atoms with van der Waals surface area (Å²) >= 11 is 1.17. The highest BCUT2D eigenvalue weighted by atomic mass is 32.2. The van der Waals surface area contributed by atoms with Crippen molar-refractivity contribution < 1.29 is 17.9 Å². The molecular weight excluding hydrogens is 314 g/mol.